The van der Waals surface area contributed by atoms with E-state index in [0.29, 0.717) is 23.3 Å². The molecule has 0 amide bonds. The molecule has 0 aliphatic carbocycles. The molecule has 1 aliphatic heterocycles. The minimum absolute atomic E-state index is 0.0839. The lowest BCUT2D eigenvalue weighted by atomic mass is 10.0. The van der Waals surface area contributed by atoms with Gasteiger partial charge in [-0.25, -0.2) is 13.4 Å². The average molecular weight is 515 g/mol. The fourth-order valence-electron chi connectivity index (χ4n) is 4.72. The fraction of sp³-hybridized carbons (Fsp3) is 0.269. The van der Waals surface area contributed by atoms with E-state index in [1.165, 1.54) is 6.07 Å². The number of alkyl halides is 2. The van der Waals surface area contributed by atoms with Crippen LogP contribution in [0, 0.1) is 0 Å². The Balaban J connectivity index is 1.62. The number of hydrogen-bond donors (Lipinski definition) is 1. The summed E-state index contributed by atoms with van der Waals surface area (Å²) in [4.78, 5) is 5.00. The van der Waals surface area contributed by atoms with Crippen molar-refractivity contribution in [3.63, 3.8) is 0 Å². The molecular formula is C26H24F2N2O5S. The maximum Gasteiger partial charge on any atom is 0.387 e. The highest BCUT2D eigenvalue weighted by Crippen LogP contribution is 2.46. The first-order valence-electron chi connectivity index (χ1n) is 11.3. The van der Waals surface area contributed by atoms with Crippen molar-refractivity contribution in [3.05, 3.63) is 78.1 Å². The summed E-state index contributed by atoms with van der Waals surface area (Å²) in [5.41, 5.74) is 3.74. The molecule has 0 saturated carbocycles. The van der Waals surface area contributed by atoms with Crippen LogP contribution in [0.5, 0.6) is 5.75 Å². The van der Waals surface area contributed by atoms with E-state index in [-0.39, 0.29) is 29.9 Å². The summed E-state index contributed by atoms with van der Waals surface area (Å²) in [5, 5.41) is 9.28. The fourth-order valence-corrected chi connectivity index (χ4v) is 5.35. The highest BCUT2D eigenvalue weighted by atomic mass is 32.2. The van der Waals surface area contributed by atoms with Crippen LogP contribution in [0.1, 0.15) is 30.0 Å². The number of rotatable bonds is 8. The third kappa shape index (κ3) is 4.59. The molecule has 7 nitrogen and oxygen atoms in total. The first-order chi connectivity index (χ1) is 17.3. The van der Waals surface area contributed by atoms with Gasteiger partial charge in [-0.15, -0.1) is 0 Å². The zero-order chi connectivity index (χ0) is 25.4. The van der Waals surface area contributed by atoms with Crippen LogP contribution < -0.4 is 4.74 Å². The lowest BCUT2D eigenvalue weighted by Crippen LogP contribution is -2.10. The van der Waals surface area contributed by atoms with E-state index < -0.39 is 22.6 Å². The molecule has 5 rings (SSSR count). The molecule has 188 valence electrons. The number of benzene rings is 3. The smallest absolute Gasteiger partial charge is 0.387 e. The van der Waals surface area contributed by atoms with E-state index in [4.69, 9.17) is 14.5 Å². The SMILES string of the molecule is CS(=O)(=O)c1ccc(-c2ccc3nc4n(c3c2)C(c2ccccc2OC(F)F)CC4OCCO)cc1. The van der Waals surface area contributed by atoms with Gasteiger partial charge >= 0.3 is 6.61 Å². The zero-order valence-corrected chi connectivity index (χ0v) is 20.2. The van der Waals surface area contributed by atoms with Gasteiger partial charge in [0, 0.05) is 18.2 Å². The van der Waals surface area contributed by atoms with Crippen LogP contribution in [0.4, 0.5) is 8.78 Å². The Morgan fingerprint density at radius 3 is 2.50 bits per heavy atom. The first kappa shape index (κ1) is 24.4. The summed E-state index contributed by atoms with van der Waals surface area (Å²) in [6.45, 7) is -3.00. The van der Waals surface area contributed by atoms with E-state index in [9.17, 15) is 22.3 Å². The van der Waals surface area contributed by atoms with Crippen LogP contribution in [-0.4, -0.2) is 49.2 Å². The molecule has 2 heterocycles. The van der Waals surface area contributed by atoms with Gasteiger partial charge in [-0.05, 0) is 41.5 Å². The van der Waals surface area contributed by atoms with Crippen molar-refractivity contribution in [2.24, 2.45) is 0 Å². The molecule has 1 N–H and O–H groups in total. The molecule has 2 atom stereocenters. The Hall–Kier alpha value is -3.34. The quantitative estimate of drug-likeness (QED) is 0.365. The van der Waals surface area contributed by atoms with Crippen molar-refractivity contribution in [1.82, 2.24) is 9.55 Å². The summed E-state index contributed by atoms with van der Waals surface area (Å²) in [6.07, 6.45) is 1.16. The van der Waals surface area contributed by atoms with Crippen LogP contribution in [-0.2, 0) is 14.6 Å². The van der Waals surface area contributed by atoms with Crippen molar-refractivity contribution < 1.29 is 31.8 Å². The van der Waals surface area contributed by atoms with E-state index in [2.05, 4.69) is 0 Å². The molecule has 0 fully saturated rings. The first-order valence-corrected chi connectivity index (χ1v) is 13.2. The maximum atomic E-state index is 13.1. The van der Waals surface area contributed by atoms with Gasteiger partial charge in [0.2, 0.25) is 0 Å². The van der Waals surface area contributed by atoms with Gasteiger partial charge in [0.1, 0.15) is 17.7 Å². The van der Waals surface area contributed by atoms with Crippen LogP contribution >= 0.6 is 0 Å². The number of hydrogen-bond acceptors (Lipinski definition) is 6. The number of halogens is 2. The number of ether oxygens (including phenoxy) is 2. The van der Waals surface area contributed by atoms with Crippen LogP contribution in [0.3, 0.4) is 0 Å². The summed E-state index contributed by atoms with van der Waals surface area (Å²) in [7, 11) is -3.31. The van der Waals surface area contributed by atoms with E-state index in [0.717, 1.165) is 22.9 Å². The molecule has 0 saturated heterocycles. The molecule has 1 aliphatic rings. The van der Waals surface area contributed by atoms with Crippen LogP contribution in [0.25, 0.3) is 22.2 Å². The van der Waals surface area contributed by atoms with Gasteiger partial charge in [-0.3, -0.25) is 0 Å². The number of fused-ring (bicyclic) bond motifs is 3. The Bertz CT molecular complexity index is 1500. The van der Waals surface area contributed by atoms with Gasteiger partial charge < -0.3 is 19.1 Å². The molecule has 1 aromatic heterocycles. The summed E-state index contributed by atoms with van der Waals surface area (Å²) in [6, 6.07) is 18.6. The molecule has 4 aromatic rings. The summed E-state index contributed by atoms with van der Waals surface area (Å²) < 4.78 is 62.6. The Kier molecular flexibility index (Phi) is 6.50. The number of aromatic nitrogens is 2. The third-order valence-corrected chi connectivity index (χ3v) is 7.40. The van der Waals surface area contributed by atoms with Gasteiger partial charge in [-0.1, -0.05) is 36.4 Å². The van der Waals surface area contributed by atoms with Crippen molar-refractivity contribution in [2.45, 2.75) is 30.1 Å². The highest BCUT2D eigenvalue weighted by Gasteiger charge is 2.37. The lowest BCUT2D eigenvalue weighted by molar-refractivity contribution is -0.0507. The molecule has 0 bridgehead atoms. The summed E-state index contributed by atoms with van der Waals surface area (Å²) in [5.74, 6) is 0.723. The van der Waals surface area contributed by atoms with Crippen molar-refractivity contribution in [3.8, 4) is 16.9 Å². The highest BCUT2D eigenvalue weighted by molar-refractivity contribution is 7.90. The molecule has 10 heteroatoms. The number of imidazole rings is 1. The van der Waals surface area contributed by atoms with Crippen LogP contribution in [0.15, 0.2) is 71.6 Å². The average Bonchev–Trinajstić information content (AvgIpc) is 3.39. The third-order valence-electron chi connectivity index (χ3n) is 6.27. The Morgan fingerprint density at radius 2 is 1.81 bits per heavy atom. The topological polar surface area (TPSA) is 90.7 Å². The minimum atomic E-state index is -3.31. The van der Waals surface area contributed by atoms with E-state index in [1.54, 1.807) is 42.5 Å². The maximum absolute atomic E-state index is 13.1. The molecule has 0 radical (unpaired) electrons. The zero-order valence-electron chi connectivity index (χ0n) is 19.3. The normalized spacial score (nSPS) is 17.6. The monoisotopic (exact) mass is 514 g/mol. The van der Waals surface area contributed by atoms with Crippen molar-refractivity contribution in [2.75, 3.05) is 19.5 Å². The number of nitrogens with zero attached hydrogens (tertiary/aromatic N) is 2. The number of sulfone groups is 1. The summed E-state index contributed by atoms with van der Waals surface area (Å²) >= 11 is 0. The largest absolute Gasteiger partial charge is 0.434 e. The Morgan fingerprint density at radius 1 is 1.08 bits per heavy atom. The number of aliphatic hydroxyl groups excluding tert-OH is 1. The minimum Gasteiger partial charge on any atom is -0.434 e. The number of para-hydroxylation sites is 1. The second-order valence-corrected chi connectivity index (χ2v) is 10.6. The molecule has 0 spiro atoms. The molecular weight excluding hydrogens is 490 g/mol. The lowest BCUT2D eigenvalue weighted by Gasteiger charge is -2.19. The van der Waals surface area contributed by atoms with Crippen molar-refractivity contribution >= 4 is 20.9 Å². The number of aliphatic hydroxyl groups is 1. The standard InChI is InChI=1S/C26H24F2N2O5S/c1-36(32,33)18-9-6-16(7-10-18)17-8-11-20-22(14-17)30-21(15-24(25(30)29-20)34-13-12-31)19-4-2-3-5-23(19)35-26(27)28/h2-11,14,21,24,26,31H,12-13,15H2,1H3. The van der Waals surface area contributed by atoms with E-state index >= 15 is 0 Å². The van der Waals surface area contributed by atoms with E-state index in [1.807, 2.05) is 22.8 Å². The van der Waals surface area contributed by atoms with Crippen molar-refractivity contribution in [1.29, 1.82) is 0 Å². The molecule has 36 heavy (non-hydrogen) atoms. The van der Waals surface area contributed by atoms with Gasteiger partial charge in [0.05, 0.1) is 35.2 Å². The predicted molar refractivity (Wildman–Crippen MR) is 130 cm³/mol. The van der Waals surface area contributed by atoms with Gasteiger partial charge in [-0.2, -0.15) is 8.78 Å². The second kappa shape index (κ2) is 9.61. The van der Waals surface area contributed by atoms with Crippen LogP contribution in [0.2, 0.25) is 0 Å². The molecule has 3 aromatic carbocycles. The predicted octanol–water partition coefficient (Wildman–Crippen LogP) is 4.75. The van der Waals surface area contributed by atoms with Gasteiger partial charge in [0.15, 0.2) is 9.84 Å². The Labute approximate surface area is 206 Å². The van der Waals surface area contributed by atoms with Gasteiger partial charge in [0.25, 0.3) is 0 Å². The second-order valence-electron chi connectivity index (χ2n) is 8.59. The molecule has 2 unspecified atom stereocenters.